The molecule has 0 aromatic carbocycles. The van der Waals surface area contributed by atoms with Gasteiger partial charge in [-0.2, -0.15) is 8.78 Å². The number of hydrogen-bond donors (Lipinski definition) is 0. The van der Waals surface area contributed by atoms with Gasteiger partial charge in [-0.15, -0.1) is 0 Å². The fourth-order valence-electron chi connectivity index (χ4n) is 0. The second-order valence-electron chi connectivity index (χ2n) is 0.496. The van der Waals surface area contributed by atoms with Crippen molar-refractivity contribution >= 4 is 11.8 Å². The van der Waals surface area contributed by atoms with E-state index in [1.54, 1.807) is 0 Å². The van der Waals surface area contributed by atoms with Gasteiger partial charge in [0, 0.05) is 0 Å². The van der Waals surface area contributed by atoms with E-state index in [1.165, 1.54) is 6.26 Å². The van der Waals surface area contributed by atoms with Crippen LogP contribution in [0.5, 0.6) is 0 Å². The van der Waals surface area contributed by atoms with Crippen molar-refractivity contribution < 1.29 is 14.3 Å². The largest absolute Gasteiger partial charge is 0.412 e. The SMILES string of the molecule is CSC(F)F.O. The Hall–Kier alpha value is 0.170. The molecule has 40 valence electrons. The lowest BCUT2D eigenvalue weighted by molar-refractivity contribution is 0.252. The van der Waals surface area contributed by atoms with Crippen LogP contribution < -0.4 is 0 Å². The first-order chi connectivity index (χ1) is 2.27. The van der Waals surface area contributed by atoms with Crippen molar-refractivity contribution in [3.05, 3.63) is 0 Å². The summed E-state index contributed by atoms with van der Waals surface area (Å²) in [5.41, 5.74) is 0. The van der Waals surface area contributed by atoms with Crippen LogP contribution in [0.25, 0.3) is 0 Å². The third-order valence-corrected chi connectivity index (χ3v) is 0.535. The molecule has 0 spiro atoms. The summed E-state index contributed by atoms with van der Waals surface area (Å²) in [5, 5.41) is 0. The van der Waals surface area contributed by atoms with Gasteiger partial charge in [-0.05, 0) is 6.26 Å². The minimum atomic E-state index is -2.20. The third kappa shape index (κ3) is 8.90. The van der Waals surface area contributed by atoms with E-state index in [2.05, 4.69) is 0 Å². The molecular formula is C2H6F2OS. The Morgan fingerprint density at radius 2 is 1.67 bits per heavy atom. The van der Waals surface area contributed by atoms with Crippen molar-refractivity contribution in [2.24, 2.45) is 0 Å². The number of halogens is 2. The zero-order valence-electron chi connectivity index (χ0n) is 3.24. The Bertz CT molecular complexity index is 25.5. The average Bonchev–Trinajstić information content (AvgIpc) is 1.38. The first-order valence-electron chi connectivity index (χ1n) is 1.08. The molecule has 0 atom stereocenters. The molecule has 0 aromatic rings. The Kier molecular flexibility index (Phi) is 8.17. The van der Waals surface area contributed by atoms with Gasteiger partial charge in [-0.25, -0.2) is 0 Å². The lowest BCUT2D eigenvalue weighted by Crippen LogP contribution is -1.72. The van der Waals surface area contributed by atoms with E-state index in [1.807, 2.05) is 0 Å². The second kappa shape index (κ2) is 5.17. The number of rotatable bonds is 1. The van der Waals surface area contributed by atoms with Gasteiger partial charge in [0.15, 0.2) is 0 Å². The van der Waals surface area contributed by atoms with Gasteiger partial charge in [-0.1, -0.05) is 11.8 Å². The molecule has 0 aliphatic carbocycles. The summed E-state index contributed by atoms with van der Waals surface area (Å²) >= 11 is 0.546. The molecule has 0 heterocycles. The monoisotopic (exact) mass is 116 g/mol. The first-order valence-corrected chi connectivity index (χ1v) is 2.37. The lowest BCUT2D eigenvalue weighted by atomic mass is 11.7. The number of alkyl halides is 2. The summed E-state index contributed by atoms with van der Waals surface area (Å²) in [5.74, 6) is -2.20. The van der Waals surface area contributed by atoms with Crippen molar-refractivity contribution in [2.75, 3.05) is 6.26 Å². The molecule has 0 fully saturated rings. The molecule has 6 heavy (non-hydrogen) atoms. The Balaban J connectivity index is 0. The van der Waals surface area contributed by atoms with Gasteiger partial charge in [-0.3, -0.25) is 0 Å². The maximum absolute atomic E-state index is 10.7. The average molecular weight is 116 g/mol. The molecule has 4 heteroatoms. The van der Waals surface area contributed by atoms with Crippen molar-refractivity contribution in [2.45, 2.75) is 5.76 Å². The van der Waals surface area contributed by atoms with Crippen molar-refractivity contribution in [3.63, 3.8) is 0 Å². The van der Waals surface area contributed by atoms with Gasteiger partial charge in [0.1, 0.15) is 0 Å². The summed E-state index contributed by atoms with van der Waals surface area (Å²) in [7, 11) is 0. The standard InChI is InChI=1S/C2H4F2S.H2O/c1-5-2(3)4;/h2H,1H3;1H2. The van der Waals surface area contributed by atoms with Crippen LogP contribution >= 0.6 is 11.8 Å². The number of thioether (sulfide) groups is 1. The van der Waals surface area contributed by atoms with Crippen LogP contribution in [-0.2, 0) is 0 Å². The topological polar surface area (TPSA) is 31.5 Å². The van der Waals surface area contributed by atoms with Gasteiger partial charge in [0.25, 0.3) is 5.76 Å². The van der Waals surface area contributed by atoms with Crippen LogP contribution in [0.1, 0.15) is 0 Å². The highest BCUT2D eigenvalue weighted by molar-refractivity contribution is 7.98. The summed E-state index contributed by atoms with van der Waals surface area (Å²) in [6.45, 7) is 0. The zero-order valence-corrected chi connectivity index (χ0v) is 4.06. The molecule has 0 saturated heterocycles. The van der Waals surface area contributed by atoms with Gasteiger partial charge < -0.3 is 5.48 Å². The van der Waals surface area contributed by atoms with E-state index in [0.717, 1.165) is 0 Å². The van der Waals surface area contributed by atoms with Crippen molar-refractivity contribution in [1.82, 2.24) is 0 Å². The molecule has 0 aliphatic heterocycles. The first kappa shape index (κ1) is 9.48. The molecule has 0 rings (SSSR count). The van der Waals surface area contributed by atoms with Crippen LogP contribution in [-0.4, -0.2) is 17.5 Å². The van der Waals surface area contributed by atoms with Crippen LogP contribution in [0, 0.1) is 0 Å². The Morgan fingerprint density at radius 3 is 1.67 bits per heavy atom. The summed E-state index contributed by atoms with van der Waals surface area (Å²) in [6.07, 6.45) is 1.37. The summed E-state index contributed by atoms with van der Waals surface area (Å²) < 4.78 is 21.5. The minimum absolute atomic E-state index is 0. The van der Waals surface area contributed by atoms with E-state index in [4.69, 9.17) is 0 Å². The van der Waals surface area contributed by atoms with E-state index in [9.17, 15) is 8.78 Å². The Labute approximate surface area is 39.0 Å². The van der Waals surface area contributed by atoms with E-state index in [0.29, 0.717) is 11.8 Å². The fourth-order valence-corrected chi connectivity index (χ4v) is 0. The molecule has 0 unspecified atom stereocenters. The number of hydrogen-bond acceptors (Lipinski definition) is 1. The molecule has 1 nitrogen and oxygen atoms in total. The van der Waals surface area contributed by atoms with Crippen LogP contribution in [0.4, 0.5) is 8.78 Å². The maximum atomic E-state index is 10.7. The molecule has 0 aliphatic rings. The predicted molar refractivity (Wildman–Crippen MR) is 23.1 cm³/mol. The van der Waals surface area contributed by atoms with Gasteiger partial charge in [0.05, 0.1) is 0 Å². The molecule has 0 bridgehead atoms. The zero-order chi connectivity index (χ0) is 4.28. The van der Waals surface area contributed by atoms with E-state index in [-0.39, 0.29) is 5.48 Å². The predicted octanol–water partition coefficient (Wildman–Crippen LogP) is 0.747. The van der Waals surface area contributed by atoms with E-state index >= 15 is 0 Å². The highest BCUT2D eigenvalue weighted by atomic mass is 32.2. The molecular weight excluding hydrogens is 110 g/mol. The smallest absolute Gasteiger partial charge is 0.284 e. The van der Waals surface area contributed by atoms with Crippen LogP contribution in [0.15, 0.2) is 0 Å². The normalized spacial score (nSPS) is 8.00. The molecule has 0 saturated carbocycles. The third-order valence-electron chi connectivity index (χ3n) is 0.178. The van der Waals surface area contributed by atoms with Gasteiger partial charge in [0.2, 0.25) is 0 Å². The second-order valence-corrected chi connectivity index (χ2v) is 1.32. The van der Waals surface area contributed by atoms with Crippen LogP contribution in [0.2, 0.25) is 0 Å². The van der Waals surface area contributed by atoms with Crippen LogP contribution in [0.3, 0.4) is 0 Å². The van der Waals surface area contributed by atoms with Crippen molar-refractivity contribution in [1.29, 1.82) is 0 Å². The summed E-state index contributed by atoms with van der Waals surface area (Å²) in [6, 6.07) is 0. The molecule has 0 aromatic heterocycles. The molecule has 2 N–H and O–H groups in total. The minimum Gasteiger partial charge on any atom is -0.412 e. The highest BCUT2D eigenvalue weighted by Crippen LogP contribution is 2.06. The Morgan fingerprint density at radius 1 is 1.50 bits per heavy atom. The maximum Gasteiger partial charge on any atom is 0.284 e. The van der Waals surface area contributed by atoms with Crippen molar-refractivity contribution in [3.8, 4) is 0 Å². The molecule has 0 radical (unpaired) electrons. The highest BCUT2D eigenvalue weighted by Gasteiger charge is 1.91. The van der Waals surface area contributed by atoms with Gasteiger partial charge >= 0.3 is 0 Å². The fraction of sp³-hybridized carbons (Fsp3) is 1.00. The quantitative estimate of drug-likeness (QED) is 0.497. The summed E-state index contributed by atoms with van der Waals surface area (Å²) in [4.78, 5) is 0. The molecule has 0 amide bonds. The van der Waals surface area contributed by atoms with E-state index < -0.39 is 5.76 Å². The lowest BCUT2D eigenvalue weighted by Gasteiger charge is -1.81.